The summed E-state index contributed by atoms with van der Waals surface area (Å²) in [6.07, 6.45) is -0.123. The van der Waals surface area contributed by atoms with Crippen molar-refractivity contribution in [1.82, 2.24) is 4.98 Å². The largest absolute Gasteiger partial charge is 0.497 e. The van der Waals surface area contributed by atoms with Crippen LogP contribution < -0.4 is 10.1 Å². The van der Waals surface area contributed by atoms with E-state index in [1.165, 1.54) is 19.2 Å². The molecule has 0 aliphatic carbocycles. The Balaban J connectivity index is 1.63. The van der Waals surface area contributed by atoms with Crippen molar-refractivity contribution < 1.29 is 17.9 Å². The number of aromatic nitrogens is 1. The number of hydrogen-bond donors (Lipinski definition) is 1. The second kappa shape index (κ2) is 7.43. The van der Waals surface area contributed by atoms with Gasteiger partial charge in [0.1, 0.15) is 5.75 Å². The molecule has 0 radical (unpaired) electrons. The Bertz CT molecular complexity index is 1040. The van der Waals surface area contributed by atoms with Crippen LogP contribution in [0.25, 0.3) is 10.2 Å². The van der Waals surface area contributed by atoms with Crippen molar-refractivity contribution in [3.05, 3.63) is 47.5 Å². The normalized spacial score (nSPS) is 11.5. The van der Waals surface area contributed by atoms with Gasteiger partial charge in [0.15, 0.2) is 9.84 Å². The molecule has 136 valence electrons. The molecule has 0 fully saturated rings. The second-order valence-corrected chi connectivity index (χ2v) is 9.05. The lowest BCUT2D eigenvalue weighted by molar-refractivity contribution is -0.115. The molecule has 1 aromatic heterocycles. The van der Waals surface area contributed by atoms with Gasteiger partial charge in [0.05, 0.1) is 33.0 Å². The average molecular weight is 390 g/mol. The van der Waals surface area contributed by atoms with E-state index in [9.17, 15) is 13.2 Å². The predicted octanol–water partition coefficient (Wildman–Crippen LogP) is 3.42. The minimum absolute atomic E-state index is 0.123. The Morgan fingerprint density at radius 2 is 1.92 bits per heavy atom. The summed E-state index contributed by atoms with van der Waals surface area (Å²) in [5.74, 6) is -0.0359. The smallest absolute Gasteiger partial charge is 0.225 e. The first-order valence-corrected chi connectivity index (χ1v) is 10.4. The third kappa shape index (κ3) is 4.20. The van der Waals surface area contributed by atoms with Crippen LogP contribution in [0.15, 0.2) is 47.4 Å². The first-order chi connectivity index (χ1) is 12.4. The van der Waals surface area contributed by atoms with Crippen molar-refractivity contribution in [2.24, 2.45) is 0 Å². The number of carbonyl (C=O) groups is 1. The van der Waals surface area contributed by atoms with Crippen LogP contribution in [0.2, 0.25) is 0 Å². The Kier molecular flexibility index (Phi) is 5.24. The Morgan fingerprint density at radius 1 is 1.19 bits per heavy atom. The molecular weight excluding hydrogens is 372 g/mol. The molecule has 0 atom stereocenters. The quantitative estimate of drug-likeness (QED) is 0.697. The number of methoxy groups -OCH3 is 1. The van der Waals surface area contributed by atoms with Crippen LogP contribution in [-0.4, -0.2) is 32.2 Å². The van der Waals surface area contributed by atoms with E-state index in [-0.39, 0.29) is 23.0 Å². The number of carbonyl (C=O) groups excluding carboxylic acids is 1. The highest BCUT2D eigenvalue weighted by Crippen LogP contribution is 2.24. The lowest BCUT2D eigenvalue weighted by Gasteiger charge is -2.07. The summed E-state index contributed by atoms with van der Waals surface area (Å²) in [6, 6.07) is 11.6. The van der Waals surface area contributed by atoms with Crippen LogP contribution >= 0.6 is 11.3 Å². The lowest BCUT2D eigenvalue weighted by atomic mass is 10.3. The van der Waals surface area contributed by atoms with E-state index in [4.69, 9.17) is 4.74 Å². The number of sulfone groups is 1. The van der Waals surface area contributed by atoms with Crippen molar-refractivity contribution in [1.29, 1.82) is 0 Å². The van der Waals surface area contributed by atoms with E-state index in [1.54, 1.807) is 35.6 Å². The van der Waals surface area contributed by atoms with Gasteiger partial charge in [-0.25, -0.2) is 13.4 Å². The van der Waals surface area contributed by atoms with Gasteiger partial charge in [-0.1, -0.05) is 0 Å². The molecule has 1 heterocycles. The van der Waals surface area contributed by atoms with E-state index in [2.05, 4.69) is 10.3 Å². The van der Waals surface area contributed by atoms with Gasteiger partial charge in [0.25, 0.3) is 0 Å². The lowest BCUT2D eigenvalue weighted by Crippen LogP contribution is -2.17. The number of anilines is 1. The van der Waals surface area contributed by atoms with E-state index >= 15 is 0 Å². The maximum Gasteiger partial charge on any atom is 0.225 e. The molecule has 0 aliphatic rings. The van der Waals surface area contributed by atoms with Crippen LogP contribution in [-0.2, 0) is 14.6 Å². The van der Waals surface area contributed by atoms with Gasteiger partial charge in [0, 0.05) is 12.1 Å². The Morgan fingerprint density at radius 3 is 2.62 bits per heavy atom. The molecule has 0 saturated carbocycles. The van der Waals surface area contributed by atoms with Crippen molar-refractivity contribution in [2.45, 2.75) is 18.2 Å². The molecule has 1 N–H and O–H groups in total. The van der Waals surface area contributed by atoms with Crippen molar-refractivity contribution in [3.63, 3.8) is 0 Å². The SMILES string of the molecule is COc1ccc(S(=O)(=O)CCC(=O)Nc2ccc3sc(C)nc3c2)cc1. The molecule has 8 heteroatoms. The molecule has 0 aliphatic heterocycles. The summed E-state index contributed by atoms with van der Waals surface area (Å²) in [6.45, 7) is 1.92. The minimum Gasteiger partial charge on any atom is -0.497 e. The summed E-state index contributed by atoms with van der Waals surface area (Å²) >= 11 is 1.58. The van der Waals surface area contributed by atoms with Gasteiger partial charge in [-0.15, -0.1) is 11.3 Å². The third-order valence-electron chi connectivity index (χ3n) is 3.79. The number of benzene rings is 2. The van der Waals surface area contributed by atoms with Gasteiger partial charge in [-0.3, -0.25) is 4.79 Å². The van der Waals surface area contributed by atoms with E-state index < -0.39 is 9.84 Å². The number of fused-ring (bicyclic) bond motifs is 1. The molecular formula is C18H18N2O4S2. The fourth-order valence-corrected chi connectivity index (χ4v) is 4.52. The van der Waals surface area contributed by atoms with Crippen molar-refractivity contribution in [2.75, 3.05) is 18.2 Å². The summed E-state index contributed by atoms with van der Waals surface area (Å²) < 4.78 is 30.7. The molecule has 0 spiro atoms. The molecule has 1 amide bonds. The van der Waals surface area contributed by atoms with Gasteiger partial charge >= 0.3 is 0 Å². The summed E-state index contributed by atoms with van der Waals surface area (Å²) in [5, 5.41) is 3.68. The van der Waals surface area contributed by atoms with E-state index in [0.717, 1.165) is 15.2 Å². The number of amides is 1. The standard InChI is InChI=1S/C18H18N2O4S2/c1-12-19-16-11-13(3-8-17(16)25-12)20-18(21)9-10-26(22,23)15-6-4-14(24-2)5-7-15/h3-8,11H,9-10H2,1-2H3,(H,20,21). The Hall–Kier alpha value is -2.45. The highest BCUT2D eigenvalue weighted by molar-refractivity contribution is 7.91. The fourth-order valence-electron chi connectivity index (χ4n) is 2.47. The van der Waals surface area contributed by atoms with Crippen LogP contribution in [0.4, 0.5) is 5.69 Å². The number of nitrogens with one attached hydrogen (secondary N) is 1. The minimum atomic E-state index is -3.53. The molecule has 0 saturated heterocycles. The third-order valence-corrected chi connectivity index (χ3v) is 6.48. The molecule has 3 aromatic rings. The monoisotopic (exact) mass is 390 g/mol. The maximum absolute atomic E-state index is 12.3. The number of nitrogens with zero attached hydrogens (tertiary/aromatic N) is 1. The van der Waals surface area contributed by atoms with Crippen LogP contribution in [0.5, 0.6) is 5.75 Å². The molecule has 3 rings (SSSR count). The molecule has 6 nitrogen and oxygen atoms in total. The maximum atomic E-state index is 12.3. The zero-order valence-electron chi connectivity index (χ0n) is 14.4. The number of thiazole rings is 1. The molecule has 26 heavy (non-hydrogen) atoms. The summed E-state index contributed by atoms with van der Waals surface area (Å²) in [4.78, 5) is 16.7. The topological polar surface area (TPSA) is 85.4 Å². The molecule has 2 aromatic carbocycles. The van der Waals surface area contributed by atoms with Gasteiger partial charge in [-0.2, -0.15) is 0 Å². The van der Waals surface area contributed by atoms with Crippen molar-refractivity contribution in [3.8, 4) is 5.75 Å². The highest BCUT2D eigenvalue weighted by atomic mass is 32.2. The second-order valence-electron chi connectivity index (χ2n) is 5.71. The first kappa shape index (κ1) is 18.3. The van der Waals surface area contributed by atoms with Crippen LogP contribution in [0, 0.1) is 6.92 Å². The van der Waals surface area contributed by atoms with E-state index in [0.29, 0.717) is 11.4 Å². The summed E-state index contributed by atoms with van der Waals surface area (Å²) in [7, 11) is -2.02. The van der Waals surface area contributed by atoms with E-state index in [1.807, 2.05) is 13.0 Å². The Labute approximate surface area is 155 Å². The average Bonchev–Trinajstić information content (AvgIpc) is 2.99. The van der Waals surface area contributed by atoms with Gasteiger partial charge < -0.3 is 10.1 Å². The zero-order chi connectivity index (χ0) is 18.7. The number of aryl methyl sites for hydroxylation is 1. The number of ether oxygens (including phenoxy) is 1. The van der Waals surface area contributed by atoms with Gasteiger partial charge in [0.2, 0.25) is 5.91 Å². The van der Waals surface area contributed by atoms with Crippen LogP contribution in [0.1, 0.15) is 11.4 Å². The van der Waals surface area contributed by atoms with Gasteiger partial charge in [-0.05, 0) is 49.4 Å². The summed E-state index contributed by atoms with van der Waals surface area (Å²) in [5.41, 5.74) is 1.42. The fraction of sp³-hybridized carbons (Fsp3) is 0.222. The number of rotatable bonds is 6. The highest BCUT2D eigenvalue weighted by Gasteiger charge is 2.17. The number of hydrogen-bond acceptors (Lipinski definition) is 6. The predicted molar refractivity (Wildman–Crippen MR) is 103 cm³/mol. The molecule has 0 unspecified atom stereocenters. The zero-order valence-corrected chi connectivity index (χ0v) is 16.0. The molecule has 0 bridgehead atoms. The first-order valence-electron chi connectivity index (χ1n) is 7.91. The van der Waals surface area contributed by atoms with Crippen LogP contribution in [0.3, 0.4) is 0 Å². The van der Waals surface area contributed by atoms with Crippen molar-refractivity contribution >= 4 is 43.0 Å².